The number of nitrogens with zero attached hydrogens (tertiary/aromatic N) is 1. The summed E-state index contributed by atoms with van der Waals surface area (Å²) in [6, 6.07) is 9.78. The van der Waals surface area contributed by atoms with Crippen LogP contribution in [0.3, 0.4) is 0 Å². The molecule has 0 saturated carbocycles. The van der Waals surface area contributed by atoms with E-state index in [9.17, 15) is 25.5 Å². The SMILES string of the molecule is OC[C@@H]1[C@@H](O)[C@H](O)[C@@H](O)C(O)N1CCCCCCCCCc1ccccc1. The molecule has 0 spiro atoms. The molecule has 0 radical (unpaired) electrons. The average Bonchev–Trinajstić information content (AvgIpc) is 2.69. The number of unbranched alkanes of at least 4 members (excludes halogenated alkanes) is 6. The van der Waals surface area contributed by atoms with Crippen LogP contribution in [0.15, 0.2) is 30.3 Å². The van der Waals surface area contributed by atoms with E-state index in [1.54, 1.807) is 0 Å². The molecule has 1 heterocycles. The molecule has 1 aromatic carbocycles. The van der Waals surface area contributed by atoms with E-state index in [0.717, 1.165) is 25.7 Å². The second kappa shape index (κ2) is 11.7. The monoisotopic (exact) mass is 381 g/mol. The van der Waals surface area contributed by atoms with Gasteiger partial charge in [-0.1, -0.05) is 62.4 Å². The predicted molar refractivity (Wildman–Crippen MR) is 104 cm³/mol. The molecule has 27 heavy (non-hydrogen) atoms. The standard InChI is InChI=1S/C21H35NO5/c23-15-17-18(24)19(25)20(26)21(27)22(17)14-10-5-3-1-2-4-7-11-16-12-8-6-9-13-16/h6,8-9,12-13,17-21,23-27H,1-5,7,10-11,14-15H2/t17-,18-,19+,20-,21?/m1/s1. The van der Waals surface area contributed by atoms with Crippen molar-refractivity contribution in [2.24, 2.45) is 0 Å². The molecular weight excluding hydrogens is 346 g/mol. The van der Waals surface area contributed by atoms with Crippen LogP contribution in [0.2, 0.25) is 0 Å². The summed E-state index contributed by atoms with van der Waals surface area (Å²) in [6.45, 7) is 0.102. The zero-order valence-corrected chi connectivity index (χ0v) is 16.0. The molecule has 1 aliphatic rings. The fourth-order valence-electron chi connectivity index (χ4n) is 3.86. The molecule has 0 amide bonds. The Bertz CT molecular complexity index is 515. The molecule has 154 valence electrons. The Kier molecular flexibility index (Phi) is 9.68. The van der Waals surface area contributed by atoms with Gasteiger partial charge < -0.3 is 25.5 Å². The molecule has 1 aliphatic heterocycles. The molecule has 6 heteroatoms. The van der Waals surface area contributed by atoms with Crippen LogP contribution < -0.4 is 0 Å². The Labute approximate surface area is 162 Å². The van der Waals surface area contributed by atoms with Gasteiger partial charge in [-0.2, -0.15) is 0 Å². The van der Waals surface area contributed by atoms with E-state index in [1.165, 1.54) is 36.1 Å². The van der Waals surface area contributed by atoms with Crippen molar-refractivity contribution in [1.29, 1.82) is 0 Å². The van der Waals surface area contributed by atoms with Gasteiger partial charge in [0.15, 0.2) is 0 Å². The fourth-order valence-corrected chi connectivity index (χ4v) is 3.86. The van der Waals surface area contributed by atoms with Crippen LogP contribution in [-0.4, -0.2) is 74.2 Å². The molecule has 5 N–H and O–H groups in total. The lowest BCUT2D eigenvalue weighted by Crippen LogP contribution is -2.67. The Hall–Kier alpha value is -1.02. The molecule has 0 bridgehead atoms. The Morgan fingerprint density at radius 2 is 1.30 bits per heavy atom. The maximum absolute atomic E-state index is 10.1. The van der Waals surface area contributed by atoms with E-state index < -0.39 is 30.6 Å². The summed E-state index contributed by atoms with van der Waals surface area (Å²) in [4.78, 5) is 1.50. The first-order chi connectivity index (χ1) is 13.1. The highest BCUT2D eigenvalue weighted by Crippen LogP contribution is 2.24. The van der Waals surface area contributed by atoms with Gasteiger partial charge in [0.2, 0.25) is 0 Å². The third-order valence-electron chi connectivity index (χ3n) is 5.58. The van der Waals surface area contributed by atoms with E-state index in [4.69, 9.17) is 0 Å². The number of aliphatic hydroxyl groups is 5. The lowest BCUT2D eigenvalue weighted by atomic mass is 9.92. The van der Waals surface area contributed by atoms with Gasteiger partial charge in [-0.05, 0) is 24.8 Å². The van der Waals surface area contributed by atoms with E-state index in [2.05, 4.69) is 24.3 Å². The molecule has 2 rings (SSSR count). The Morgan fingerprint density at radius 1 is 0.704 bits per heavy atom. The number of aryl methyl sites for hydroxylation is 1. The number of hydrogen-bond donors (Lipinski definition) is 5. The van der Waals surface area contributed by atoms with Crippen LogP contribution in [0.1, 0.15) is 50.5 Å². The third kappa shape index (κ3) is 6.52. The van der Waals surface area contributed by atoms with Gasteiger partial charge in [0.25, 0.3) is 0 Å². The van der Waals surface area contributed by atoms with Gasteiger partial charge in [0, 0.05) is 6.54 Å². The van der Waals surface area contributed by atoms with Crippen LogP contribution in [0.25, 0.3) is 0 Å². The first-order valence-corrected chi connectivity index (χ1v) is 10.2. The molecule has 1 saturated heterocycles. The number of piperidine rings is 1. The van der Waals surface area contributed by atoms with Gasteiger partial charge >= 0.3 is 0 Å². The van der Waals surface area contributed by atoms with E-state index >= 15 is 0 Å². The van der Waals surface area contributed by atoms with E-state index in [-0.39, 0.29) is 6.61 Å². The fraction of sp³-hybridized carbons (Fsp3) is 0.714. The first-order valence-electron chi connectivity index (χ1n) is 10.2. The van der Waals surface area contributed by atoms with Crippen LogP contribution in [0, 0.1) is 0 Å². The maximum Gasteiger partial charge on any atom is 0.136 e. The second-order valence-corrected chi connectivity index (χ2v) is 7.58. The van der Waals surface area contributed by atoms with Crippen LogP contribution in [0.5, 0.6) is 0 Å². The molecule has 6 nitrogen and oxygen atoms in total. The summed E-state index contributed by atoms with van der Waals surface area (Å²) in [5, 5.41) is 49.1. The smallest absolute Gasteiger partial charge is 0.136 e. The molecule has 1 aromatic rings. The van der Waals surface area contributed by atoms with Crippen molar-refractivity contribution in [3.63, 3.8) is 0 Å². The number of aliphatic hydroxyl groups excluding tert-OH is 5. The zero-order valence-electron chi connectivity index (χ0n) is 16.0. The second-order valence-electron chi connectivity index (χ2n) is 7.58. The summed E-state index contributed by atoms with van der Waals surface area (Å²) in [5.41, 5.74) is 1.39. The molecule has 0 aromatic heterocycles. The minimum absolute atomic E-state index is 0.372. The van der Waals surface area contributed by atoms with E-state index in [1.807, 2.05) is 6.07 Å². The van der Waals surface area contributed by atoms with Crippen LogP contribution in [0.4, 0.5) is 0 Å². The number of benzene rings is 1. The van der Waals surface area contributed by atoms with Gasteiger partial charge in [-0.3, -0.25) is 4.90 Å². The minimum atomic E-state index is -1.44. The van der Waals surface area contributed by atoms with Crippen molar-refractivity contribution in [1.82, 2.24) is 4.90 Å². The van der Waals surface area contributed by atoms with Crippen molar-refractivity contribution < 1.29 is 25.5 Å². The lowest BCUT2D eigenvalue weighted by Gasteiger charge is -2.46. The summed E-state index contributed by atoms with van der Waals surface area (Å²) in [6.07, 6.45) is 3.46. The topological polar surface area (TPSA) is 104 Å². The predicted octanol–water partition coefficient (Wildman–Crippen LogP) is 1.04. The van der Waals surface area contributed by atoms with Gasteiger partial charge in [-0.15, -0.1) is 0 Å². The Balaban J connectivity index is 1.56. The van der Waals surface area contributed by atoms with Crippen molar-refractivity contribution in [2.45, 2.75) is 81.9 Å². The molecule has 1 unspecified atom stereocenters. The van der Waals surface area contributed by atoms with Gasteiger partial charge in [0.05, 0.1) is 12.6 Å². The molecular formula is C21H35NO5. The van der Waals surface area contributed by atoms with Gasteiger partial charge in [0.1, 0.15) is 24.5 Å². The van der Waals surface area contributed by atoms with Crippen molar-refractivity contribution in [2.75, 3.05) is 13.2 Å². The van der Waals surface area contributed by atoms with Crippen LogP contribution in [-0.2, 0) is 6.42 Å². The normalized spacial score (nSPS) is 29.1. The summed E-state index contributed by atoms with van der Waals surface area (Å²) in [5.74, 6) is 0. The largest absolute Gasteiger partial charge is 0.395 e. The summed E-state index contributed by atoms with van der Waals surface area (Å²) >= 11 is 0. The highest BCUT2D eigenvalue weighted by Gasteiger charge is 2.46. The number of rotatable bonds is 11. The van der Waals surface area contributed by atoms with Crippen molar-refractivity contribution >= 4 is 0 Å². The molecule has 5 atom stereocenters. The average molecular weight is 382 g/mol. The Morgan fingerprint density at radius 3 is 1.93 bits per heavy atom. The summed E-state index contributed by atoms with van der Waals surface area (Å²) < 4.78 is 0. The highest BCUT2D eigenvalue weighted by atomic mass is 16.4. The third-order valence-corrected chi connectivity index (χ3v) is 5.58. The highest BCUT2D eigenvalue weighted by molar-refractivity contribution is 5.14. The van der Waals surface area contributed by atoms with Crippen molar-refractivity contribution in [3.8, 4) is 0 Å². The summed E-state index contributed by atoms with van der Waals surface area (Å²) in [7, 11) is 0. The number of hydrogen-bond acceptors (Lipinski definition) is 6. The zero-order chi connectivity index (χ0) is 19.6. The quantitative estimate of drug-likeness (QED) is 0.367. The lowest BCUT2D eigenvalue weighted by molar-refractivity contribution is -0.222. The molecule has 1 fully saturated rings. The first kappa shape index (κ1) is 22.3. The molecule has 0 aliphatic carbocycles. The number of likely N-dealkylation sites (tertiary alicyclic amines) is 1. The van der Waals surface area contributed by atoms with Gasteiger partial charge in [-0.25, -0.2) is 0 Å². The van der Waals surface area contributed by atoms with Crippen LogP contribution >= 0.6 is 0 Å². The maximum atomic E-state index is 10.1. The van der Waals surface area contributed by atoms with E-state index in [0.29, 0.717) is 6.54 Å². The van der Waals surface area contributed by atoms with Crippen molar-refractivity contribution in [3.05, 3.63) is 35.9 Å². The minimum Gasteiger partial charge on any atom is -0.395 e.